The number of thiazole rings is 1. The molecule has 5 nitrogen and oxygen atoms in total. The molecule has 2 heterocycles. The van der Waals surface area contributed by atoms with E-state index in [0.717, 1.165) is 21.2 Å². The largest absolute Gasteiger partial charge is 0.466 e. The molecule has 1 aromatic heterocycles. The number of halogens is 1. The number of fused-ring (bicyclic) bond motifs is 1. The number of allylic oxidation sites excluding steroid dienone is 1. The molecule has 1 aliphatic heterocycles. The van der Waals surface area contributed by atoms with Crippen molar-refractivity contribution in [1.82, 2.24) is 4.57 Å². The number of aryl methyl sites for hydroxylation is 1. The fraction of sp³-hybridized carbons (Fsp3) is 0.208. The monoisotopic (exact) mass is 496 g/mol. The number of methoxy groups -OCH3 is 1. The van der Waals surface area contributed by atoms with Crippen LogP contribution in [0.4, 0.5) is 0 Å². The van der Waals surface area contributed by atoms with E-state index in [4.69, 9.17) is 4.74 Å². The third kappa shape index (κ3) is 3.95. The SMILES string of the molecule is CCC1=C(C(=O)OC)[C@@H](c2ccccc2)n2c(s/c(=C/c3ccc(C)c(Br)c3)c2=O)=N1. The van der Waals surface area contributed by atoms with Gasteiger partial charge in [0, 0.05) is 4.47 Å². The lowest BCUT2D eigenvalue weighted by atomic mass is 9.95. The molecule has 0 bridgehead atoms. The Morgan fingerprint density at radius 2 is 2.00 bits per heavy atom. The molecule has 1 aliphatic rings. The van der Waals surface area contributed by atoms with Crippen LogP contribution in [0.15, 0.2) is 74.1 Å². The number of nitrogens with zero attached hydrogens (tertiary/aromatic N) is 2. The van der Waals surface area contributed by atoms with Crippen LogP contribution in [0.25, 0.3) is 6.08 Å². The van der Waals surface area contributed by atoms with Gasteiger partial charge >= 0.3 is 5.97 Å². The van der Waals surface area contributed by atoms with Gasteiger partial charge in [0.15, 0.2) is 4.80 Å². The zero-order chi connectivity index (χ0) is 22.1. The molecule has 0 N–H and O–H groups in total. The lowest BCUT2D eigenvalue weighted by molar-refractivity contribution is -0.136. The van der Waals surface area contributed by atoms with Crippen molar-refractivity contribution in [1.29, 1.82) is 0 Å². The third-order valence-corrected chi connectivity index (χ3v) is 7.10. The van der Waals surface area contributed by atoms with Crippen LogP contribution in [0.3, 0.4) is 0 Å². The van der Waals surface area contributed by atoms with Crippen molar-refractivity contribution in [2.45, 2.75) is 26.3 Å². The molecule has 0 fully saturated rings. The number of hydrogen-bond acceptors (Lipinski definition) is 5. The van der Waals surface area contributed by atoms with Crippen LogP contribution < -0.4 is 14.9 Å². The van der Waals surface area contributed by atoms with Gasteiger partial charge in [0.1, 0.15) is 0 Å². The molecular formula is C24H21BrN2O3S. The van der Waals surface area contributed by atoms with E-state index < -0.39 is 12.0 Å². The van der Waals surface area contributed by atoms with Crippen molar-refractivity contribution >= 4 is 39.3 Å². The second kappa shape index (κ2) is 8.77. The zero-order valence-corrected chi connectivity index (χ0v) is 19.8. The number of aromatic nitrogens is 1. The van der Waals surface area contributed by atoms with Gasteiger partial charge in [-0.15, -0.1) is 0 Å². The number of esters is 1. The standard InChI is InChI=1S/C24H21BrN2O3S/c1-4-18-20(23(29)30-3)21(16-8-6-5-7-9-16)27-22(28)19(31-24(27)26-18)13-15-11-10-14(2)17(25)12-15/h5-13,21H,4H2,1-3H3/b19-13+/t21-/m1/s1. The van der Waals surface area contributed by atoms with Crippen molar-refractivity contribution in [2.24, 2.45) is 4.99 Å². The molecule has 1 atom stereocenters. The summed E-state index contributed by atoms with van der Waals surface area (Å²) in [7, 11) is 1.35. The van der Waals surface area contributed by atoms with Crippen LogP contribution in [0.5, 0.6) is 0 Å². The molecule has 0 saturated carbocycles. The van der Waals surface area contributed by atoms with Crippen LogP contribution in [0.2, 0.25) is 0 Å². The topological polar surface area (TPSA) is 60.7 Å². The Morgan fingerprint density at radius 3 is 2.65 bits per heavy atom. The molecule has 158 valence electrons. The normalized spacial score (nSPS) is 16.1. The van der Waals surface area contributed by atoms with E-state index in [-0.39, 0.29) is 5.56 Å². The van der Waals surface area contributed by atoms with Gasteiger partial charge in [-0.2, -0.15) is 0 Å². The third-order valence-electron chi connectivity index (χ3n) is 5.26. The van der Waals surface area contributed by atoms with Crippen molar-refractivity contribution in [2.75, 3.05) is 7.11 Å². The highest BCUT2D eigenvalue weighted by atomic mass is 79.9. The number of benzene rings is 2. The van der Waals surface area contributed by atoms with E-state index in [2.05, 4.69) is 20.9 Å². The Kier molecular flexibility index (Phi) is 6.07. The Hall–Kier alpha value is -2.77. The minimum absolute atomic E-state index is 0.175. The Labute approximate surface area is 192 Å². The molecule has 2 aromatic carbocycles. The second-order valence-corrected chi connectivity index (χ2v) is 9.07. The summed E-state index contributed by atoms with van der Waals surface area (Å²) in [6.07, 6.45) is 2.42. The number of carbonyl (C=O) groups excluding carboxylic acids is 1. The van der Waals surface area contributed by atoms with Crippen LogP contribution in [0.1, 0.15) is 36.1 Å². The average Bonchev–Trinajstić information content (AvgIpc) is 3.09. The molecule has 7 heteroatoms. The summed E-state index contributed by atoms with van der Waals surface area (Å²) in [5.41, 5.74) is 3.76. The number of ether oxygens (including phenoxy) is 1. The molecule has 3 aromatic rings. The maximum Gasteiger partial charge on any atom is 0.338 e. The summed E-state index contributed by atoms with van der Waals surface area (Å²) in [4.78, 5) is 31.5. The Bertz CT molecular complexity index is 1370. The smallest absolute Gasteiger partial charge is 0.338 e. The highest BCUT2D eigenvalue weighted by Crippen LogP contribution is 2.31. The summed E-state index contributed by atoms with van der Waals surface area (Å²) in [6, 6.07) is 14.9. The minimum atomic E-state index is -0.577. The number of rotatable bonds is 4. The lowest BCUT2D eigenvalue weighted by Crippen LogP contribution is -2.40. The van der Waals surface area contributed by atoms with Gasteiger partial charge in [0.05, 0.1) is 29.0 Å². The Balaban J connectivity index is 1.99. The van der Waals surface area contributed by atoms with Crippen molar-refractivity contribution < 1.29 is 9.53 Å². The van der Waals surface area contributed by atoms with E-state index in [1.54, 1.807) is 4.57 Å². The van der Waals surface area contributed by atoms with Gasteiger partial charge in [-0.3, -0.25) is 9.36 Å². The molecule has 31 heavy (non-hydrogen) atoms. The van der Waals surface area contributed by atoms with Gasteiger partial charge in [0.25, 0.3) is 5.56 Å². The van der Waals surface area contributed by atoms with E-state index in [9.17, 15) is 9.59 Å². The lowest BCUT2D eigenvalue weighted by Gasteiger charge is -2.25. The van der Waals surface area contributed by atoms with E-state index in [1.165, 1.54) is 18.4 Å². The van der Waals surface area contributed by atoms with Crippen LogP contribution in [-0.2, 0) is 9.53 Å². The van der Waals surface area contributed by atoms with Crippen molar-refractivity contribution in [3.8, 4) is 0 Å². The quantitative estimate of drug-likeness (QED) is 0.515. The van der Waals surface area contributed by atoms with Gasteiger partial charge < -0.3 is 4.74 Å². The van der Waals surface area contributed by atoms with E-state index >= 15 is 0 Å². The fourth-order valence-corrected chi connectivity index (χ4v) is 5.08. The Morgan fingerprint density at radius 1 is 1.26 bits per heavy atom. The fourth-order valence-electron chi connectivity index (χ4n) is 3.67. The highest BCUT2D eigenvalue weighted by molar-refractivity contribution is 9.10. The van der Waals surface area contributed by atoms with Crippen LogP contribution >= 0.6 is 27.3 Å². The average molecular weight is 497 g/mol. The number of carbonyl (C=O) groups is 1. The first-order chi connectivity index (χ1) is 14.9. The predicted octanol–water partition coefficient (Wildman–Crippen LogP) is 3.87. The van der Waals surface area contributed by atoms with E-state index in [1.807, 2.05) is 68.5 Å². The first-order valence-electron chi connectivity index (χ1n) is 9.88. The van der Waals surface area contributed by atoms with Crippen molar-refractivity contribution in [3.63, 3.8) is 0 Å². The van der Waals surface area contributed by atoms with Gasteiger partial charge in [0.2, 0.25) is 0 Å². The van der Waals surface area contributed by atoms with Crippen LogP contribution in [0, 0.1) is 6.92 Å². The summed E-state index contributed by atoms with van der Waals surface area (Å²) >= 11 is 4.88. The molecule has 0 unspecified atom stereocenters. The van der Waals surface area contributed by atoms with Crippen LogP contribution in [-0.4, -0.2) is 17.6 Å². The zero-order valence-electron chi connectivity index (χ0n) is 17.4. The predicted molar refractivity (Wildman–Crippen MR) is 126 cm³/mol. The molecule has 0 amide bonds. The minimum Gasteiger partial charge on any atom is -0.466 e. The molecule has 4 rings (SSSR count). The molecular weight excluding hydrogens is 476 g/mol. The first kappa shape index (κ1) is 21.5. The molecule has 0 radical (unpaired) electrons. The second-order valence-electron chi connectivity index (χ2n) is 7.21. The molecule has 0 spiro atoms. The summed E-state index contributed by atoms with van der Waals surface area (Å²) < 4.78 is 8.24. The number of hydrogen-bond donors (Lipinski definition) is 0. The van der Waals surface area contributed by atoms with Crippen molar-refractivity contribution in [3.05, 3.63) is 101 Å². The first-order valence-corrected chi connectivity index (χ1v) is 11.5. The molecule has 0 aliphatic carbocycles. The van der Waals surface area contributed by atoms with Gasteiger partial charge in [-0.1, -0.05) is 76.7 Å². The maximum absolute atomic E-state index is 13.5. The summed E-state index contributed by atoms with van der Waals surface area (Å²) in [5, 5.41) is 0. The summed E-state index contributed by atoms with van der Waals surface area (Å²) in [6.45, 7) is 3.96. The summed E-state index contributed by atoms with van der Waals surface area (Å²) in [5.74, 6) is -0.466. The van der Waals surface area contributed by atoms with Gasteiger partial charge in [-0.05, 0) is 42.2 Å². The highest BCUT2D eigenvalue weighted by Gasteiger charge is 2.33. The van der Waals surface area contributed by atoms with Gasteiger partial charge in [-0.25, -0.2) is 9.79 Å². The maximum atomic E-state index is 13.5. The molecule has 0 saturated heterocycles. The van der Waals surface area contributed by atoms with E-state index in [0.29, 0.717) is 27.0 Å².